The van der Waals surface area contributed by atoms with Gasteiger partial charge in [0.1, 0.15) is 5.75 Å². The first kappa shape index (κ1) is 24.0. The number of carbonyl (C=O) groups is 1. The maximum Gasteiger partial charge on any atom is 0.391 e. The molecule has 0 aliphatic heterocycles. The van der Waals surface area contributed by atoms with Gasteiger partial charge in [0.05, 0.1) is 31.1 Å². The average Bonchev–Trinajstić information content (AvgIpc) is 2.47. The minimum atomic E-state index is -4.73. The SMILES string of the molecule is CC(O)(CC(=O)N[C@@H](COC(F)F)c1cccc(OC(F)F)c1)CC(F)(F)F. The molecule has 1 aromatic carbocycles. The second kappa shape index (κ2) is 9.92. The Kier molecular flexibility index (Phi) is 8.48. The van der Waals surface area contributed by atoms with Crippen LogP contribution in [0.3, 0.4) is 0 Å². The van der Waals surface area contributed by atoms with Crippen molar-refractivity contribution in [3.63, 3.8) is 0 Å². The number of amides is 1. The summed E-state index contributed by atoms with van der Waals surface area (Å²) >= 11 is 0. The Morgan fingerprint density at radius 3 is 2.36 bits per heavy atom. The lowest BCUT2D eigenvalue weighted by atomic mass is 9.97. The summed E-state index contributed by atoms with van der Waals surface area (Å²) in [5.74, 6) is -1.41. The molecule has 0 spiro atoms. The van der Waals surface area contributed by atoms with E-state index in [9.17, 15) is 40.6 Å². The van der Waals surface area contributed by atoms with Gasteiger partial charge in [-0.15, -0.1) is 0 Å². The number of benzene rings is 1. The Labute approximate surface area is 155 Å². The number of hydrogen-bond donors (Lipinski definition) is 2. The van der Waals surface area contributed by atoms with Gasteiger partial charge in [0, 0.05) is 0 Å². The van der Waals surface area contributed by atoms with Gasteiger partial charge in [-0.2, -0.15) is 30.7 Å². The van der Waals surface area contributed by atoms with E-state index in [4.69, 9.17) is 0 Å². The van der Waals surface area contributed by atoms with E-state index >= 15 is 0 Å². The highest BCUT2D eigenvalue weighted by molar-refractivity contribution is 5.77. The number of carbonyl (C=O) groups excluding carboxylic acids is 1. The van der Waals surface area contributed by atoms with Crippen LogP contribution in [0, 0.1) is 0 Å². The molecule has 2 N–H and O–H groups in total. The van der Waals surface area contributed by atoms with E-state index in [0.717, 1.165) is 19.1 Å². The van der Waals surface area contributed by atoms with Gasteiger partial charge >= 0.3 is 19.4 Å². The van der Waals surface area contributed by atoms with Gasteiger partial charge in [0.25, 0.3) is 0 Å². The Morgan fingerprint density at radius 2 is 1.82 bits per heavy atom. The van der Waals surface area contributed by atoms with Gasteiger partial charge in [-0.05, 0) is 24.6 Å². The van der Waals surface area contributed by atoms with Crippen molar-refractivity contribution in [2.45, 2.75) is 50.8 Å². The zero-order chi connectivity index (χ0) is 21.5. The molecule has 12 heteroatoms. The molecule has 0 saturated carbocycles. The molecule has 1 aromatic rings. The molecular formula is C16H18F7NO4. The molecule has 1 unspecified atom stereocenters. The molecule has 2 atom stereocenters. The van der Waals surface area contributed by atoms with Gasteiger partial charge in [-0.25, -0.2) is 0 Å². The molecule has 0 fully saturated rings. The number of ether oxygens (including phenoxy) is 2. The molecule has 1 rings (SSSR count). The molecule has 0 radical (unpaired) electrons. The van der Waals surface area contributed by atoms with E-state index < -0.39 is 56.4 Å². The summed E-state index contributed by atoms with van der Waals surface area (Å²) < 4.78 is 94.8. The zero-order valence-electron chi connectivity index (χ0n) is 14.5. The van der Waals surface area contributed by atoms with E-state index in [-0.39, 0.29) is 11.3 Å². The first-order valence-electron chi connectivity index (χ1n) is 7.80. The van der Waals surface area contributed by atoms with E-state index in [0.29, 0.717) is 0 Å². The maximum atomic E-state index is 12.4. The standard InChI is InChI=1S/C16H18F7NO4/c1-15(26,8-16(21,22)23)6-12(25)24-11(7-27-13(17)18)9-3-2-4-10(5-9)28-14(19)20/h2-5,11,13-14,26H,6-8H2,1H3,(H,24,25)/t11-,15?/m0/s1. The van der Waals surface area contributed by atoms with Crippen LogP contribution in [0.25, 0.3) is 0 Å². The first-order valence-corrected chi connectivity index (χ1v) is 7.80. The van der Waals surface area contributed by atoms with E-state index in [1.807, 2.05) is 0 Å². The Hall–Kier alpha value is -2.08. The number of halogens is 7. The van der Waals surface area contributed by atoms with Crippen LogP contribution in [0.2, 0.25) is 0 Å². The molecule has 0 aromatic heterocycles. The van der Waals surface area contributed by atoms with E-state index in [1.165, 1.54) is 12.1 Å². The third-order valence-electron chi connectivity index (χ3n) is 3.33. The second-order valence-electron chi connectivity index (χ2n) is 6.13. The van der Waals surface area contributed by atoms with Crippen molar-refractivity contribution >= 4 is 5.91 Å². The molecule has 0 saturated heterocycles. The lowest BCUT2D eigenvalue weighted by Crippen LogP contribution is -2.40. The summed E-state index contributed by atoms with van der Waals surface area (Å²) in [6.45, 7) is -6.38. The van der Waals surface area contributed by atoms with Crippen molar-refractivity contribution in [1.29, 1.82) is 0 Å². The zero-order valence-corrected chi connectivity index (χ0v) is 14.5. The highest BCUT2D eigenvalue weighted by atomic mass is 19.4. The smallest absolute Gasteiger partial charge is 0.391 e. The number of aliphatic hydroxyl groups is 1. The molecule has 1 amide bonds. The van der Waals surface area contributed by atoms with Crippen molar-refractivity contribution in [2.75, 3.05) is 6.61 Å². The van der Waals surface area contributed by atoms with E-state index in [1.54, 1.807) is 0 Å². The minimum Gasteiger partial charge on any atom is -0.435 e. The Bertz CT molecular complexity index is 638. The third-order valence-corrected chi connectivity index (χ3v) is 3.33. The van der Waals surface area contributed by atoms with Crippen LogP contribution in [0.15, 0.2) is 24.3 Å². The highest BCUT2D eigenvalue weighted by Crippen LogP contribution is 2.30. The summed E-state index contributed by atoms with van der Waals surface area (Å²) in [6.07, 6.45) is -7.38. The fraction of sp³-hybridized carbons (Fsp3) is 0.562. The van der Waals surface area contributed by atoms with Crippen LogP contribution in [-0.4, -0.2) is 42.6 Å². The topological polar surface area (TPSA) is 67.8 Å². The van der Waals surface area contributed by atoms with Crippen molar-refractivity contribution < 1.29 is 50.1 Å². The lowest BCUT2D eigenvalue weighted by Gasteiger charge is -2.26. The molecular weight excluding hydrogens is 403 g/mol. The van der Waals surface area contributed by atoms with Crippen molar-refractivity contribution in [3.05, 3.63) is 29.8 Å². The third kappa shape index (κ3) is 9.74. The predicted molar refractivity (Wildman–Crippen MR) is 81.8 cm³/mol. The van der Waals surface area contributed by atoms with Gasteiger partial charge in [0.15, 0.2) is 0 Å². The number of hydrogen-bond acceptors (Lipinski definition) is 4. The summed E-state index contributed by atoms with van der Waals surface area (Å²) in [4.78, 5) is 12.0. The highest BCUT2D eigenvalue weighted by Gasteiger charge is 2.39. The van der Waals surface area contributed by atoms with E-state index in [2.05, 4.69) is 14.8 Å². The first-order chi connectivity index (χ1) is 12.8. The van der Waals surface area contributed by atoms with Gasteiger partial charge in [-0.1, -0.05) is 12.1 Å². The lowest BCUT2D eigenvalue weighted by molar-refractivity contribution is -0.175. The fourth-order valence-electron chi connectivity index (χ4n) is 2.38. The Balaban J connectivity index is 2.91. The molecule has 0 bridgehead atoms. The molecule has 0 heterocycles. The number of alkyl halides is 7. The summed E-state index contributed by atoms with van der Waals surface area (Å²) in [6, 6.07) is 3.39. The van der Waals surface area contributed by atoms with Crippen LogP contribution in [0.1, 0.15) is 31.4 Å². The maximum absolute atomic E-state index is 12.4. The number of rotatable bonds is 10. The van der Waals surface area contributed by atoms with Gasteiger partial charge < -0.3 is 19.9 Å². The molecule has 28 heavy (non-hydrogen) atoms. The molecule has 0 aliphatic carbocycles. The summed E-state index contributed by atoms with van der Waals surface area (Å²) in [7, 11) is 0. The summed E-state index contributed by atoms with van der Waals surface area (Å²) in [5, 5.41) is 11.9. The average molecular weight is 421 g/mol. The van der Waals surface area contributed by atoms with Crippen molar-refractivity contribution in [1.82, 2.24) is 5.32 Å². The quantitative estimate of drug-likeness (QED) is 0.565. The van der Waals surface area contributed by atoms with Crippen LogP contribution in [0.4, 0.5) is 30.7 Å². The summed E-state index contributed by atoms with van der Waals surface area (Å²) in [5.41, 5.74) is -2.40. The largest absolute Gasteiger partial charge is 0.435 e. The van der Waals surface area contributed by atoms with Crippen LogP contribution >= 0.6 is 0 Å². The molecule has 0 aliphatic rings. The fourth-order valence-corrected chi connectivity index (χ4v) is 2.38. The number of nitrogens with one attached hydrogen (secondary N) is 1. The predicted octanol–water partition coefficient (Wildman–Crippen LogP) is 3.78. The normalized spacial score (nSPS) is 15.4. The van der Waals surface area contributed by atoms with Crippen LogP contribution in [-0.2, 0) is 9.53 Å². The van der Waals surface area contributed by atoms with Crippen LogP contribution < -0.4 is 10.1 Å². The van der Waals surface area contributed by atoms with Crippen molar-refractivity contribution in [2.24, 2.45) is 0 Å². The van der Waals surface area contributed by atoms with Gasteiger partial charge in [-0.3, -0.25) is 4.79 Å². The molecule has 160 valence electrons. The van der Waals surface area contributed by atoms with Gasteiger partial charge in [0.2, 0.25) is 5.91 Å². The van der Waals surface area contributed by atoms with Crippen LogP contribution in [0.5, 0.6) is 5.75 Å². The second-order valence-corrected chi connectivity index (χ2v) is 6.13. The van der Waals surface area contributed by atoms with Crippen molar-refractivity contribution in [3.8, 4) is 5.75 Å². The monoisotopic (exact) mass is 421 g/mol. The Morgan fingerprint density at radius 1 is 1.18 bits per heavy atom. The molecule has 5 nitrogen and oxygen atoms in total. The minimum absolute atomic E-state index is 0.0302.